The fourth-order valence-electron chi connectivity index (χ4n) is 3.10. The summed E-state index contributed by atoms with van der Waals surface area (Å²) in [6.45, 7) is 6.55. The lowest BCUT2D eigenvalue weighted by atomic mass is 10.1. The molecule has 0 radical (unpaired) electrons. The van der Waals surface area contributed by atoms with E-state index in [0.717, 1.165) is 17.5 Å². The molecule has 3 rings (SSSR count). The fraction of sp³-hybridized carbons (Fsp3) is 0.529. The summed E-state index contributed by atoms with van der Waals surface area (Å²) in [7, 11) is 0. The highest BCUT2D eigenvalue weighted by molar-refractivity contribution is 5.96. The summed E-state index contributed by atoms with van der Waals surface area (Å²) in [6, 6.07) is 5.33. The third-order valence-electron chi connectivity index (χ3n) is 4.70. The van der Waals surface area contributed by atoms with Crippen molar-refractivity contribution in [2.75, 3.05) is 32.8 Å². The van der Waals surface area contributed by atoms with Crippen LogP contribution in [0.15, 0.2) is 23.3 Å². The van der Waals surface area contributed by atoms with Crippen LogP contribution in [0.1, 0.15) is 17.5 Å². The molecular weight excluding hydrogens is 340 g/mol. The molecule has 2 heterocycles. The Morgan fingerprint density at radius 2 is 2.19 bits per heavy atom. The molecule has 1 atom stereocenters. The van der Waals surface area contributed by atoms with Crippen molar-refractivity contribution in [3.05, 3.63) is 39.4 Å². The van der Waals surface area contributed by atoms with Crippen molar-refractivity contribution in [1.82, 2.24) is 9.80 Å². The van der Waals surface area contributed by atoms with Crippen molar-refractivity contribution in [2.45, 2.75) is 20.3 Å². The monoisotopic (exact) mass is 362 g/mol. The molecule has 1 aromatic carbocycles. The highest BCUT2D eigenvalue weighted by Gasteiger charge is 2.37. The van der Waals surface area contributed by atoms with E-state index < -0.39 is 11.1 Å². The minimum atomic E-state index is -0.783. The van der Waals surface area contributed by atoms with Crippen LogP contribution in [0.2, 0.25) is 0 Å². The summed E-state index contributed by atoms with van der Waals surface area (Å²) in [5.41, 5.74) is 2.09. The minimum absolute atomic E-state index is 0.0238. The quantitative estimate of drug-likeness (QED) is 0.600. The Hall–Kier alpha value is -2.68. The van der Waals surface area contributed by atoms with Crippen molar-refractivity contribution in [2.24, 2.45) is 11.0 Å². The number of aryl methyl sites for hydroxylation is 2. The van der Waals surface area contributed by atoms with Gasteiger partial charge >= 0.3 is 6.09 Å². The Balaban J connectivity index is 1.73. The molecule has 9 nitrogen and oxygen atoms in total. The summed E-state index contributed by atoms with van der Waals surface area (Å²) in [4.78, 5) is 26.4. The predicted molar refractivity (Wildman–Crippen MR) is 93.6 cm³/mol. The summed E-state index contributed by atoms with van der Waals surface area (Å²) in [5.74, 6) is 0.708. The summed E-state index contributed by atoms with van der Waals surface area (Å²) in [6.07, 6.45) is 0.231. The van der Waals surface area contributed by atoms with E-state index >= 15 is 0 Å². The molecule has 9 heteroatoms. The number of hydrazone groups is 1. The number of guanidine groups is 1. The number of nitro groups is 1. The average molecular weight is 362 g/mol. The third-order valence-corrected chi connectivity index (χ3v) is 4.70. The lowest BCUT2D eigenvalue weighted by Crippen LogP contribution is -2.41. The molecule has 140 valence electrons. The number of carbonyl (C=O) groups excluding carboxylic acids is 1. The molecule has 1 unspecified atom stereocenters. The highest BCUT2D eigenvalue weighted by atomic mass is 16.7. The van der Waals surface area contributed by atoms with Crippen molar-refractivity contribution in [3.8, 4) is 5.75 Å². The normalized spacial score (nSPS) is 21.5. The van der Waals surface area contributed by atoms with Gasteiger partial charge in [0.25, 0.3) is 5.96 Å². The van der Waals surface area contributed by atoms with Crippen LogP contribution in [-0.2, 0) is 4.74 Å². The molecular formula is C17H22N4O5. The Morgan fingerprint density at radius 3 is 2.85 bits per heavy atom. The molecule has 0 spiro atoms. The molecule has 1 amide bonds. The van der Waals surface area contributed by atoms with Gasteiger partial charge in [-0.3, -0.25) is 0 Å². The number of rotatable bonds is 4. The van der Waals surface area contributed by atoms with Crippen molar-refractivity contribution < 1.29 is 19.3 Å². The van der Waals surface area contributed by atoms with Gasteiger partial charge in [-0.2, -0.15) is 0 Å². The van der Waals surface area contributed by atoms with Gasteiger partial charge in [0.2, 0.25) is 0 Å². The number of benzene rings is 1. The molecule has 2 fully saturated rings. The van der Waals surface area contributed by atoms with Gasteiger partial charge < -0.3 is 14.4 Å². The van der Waals surface area contributed by atoms with Crippen LogP contribution >= 0.6 is 0 Å². The van der Waals surface area contributed by atoms with Crippen LogP contribution < -0.4 is 4.74 Å². The maximum atomic E-state index is 12.5. The van der Waals surface area contributed by atoms with Gasteiger partial charge in [-0.15, -0.1) is 0 Å². The number of hydrogen-bond acceptors (Lipinski definition) is 5. The molecule has 2 saturated heterocycles. The van der Waals surface area contributed by atoms with E-state index in [2.05, 4.69) is 5.10 Å². The van der Waals surface area contributed by atoms with Crippen molar-refractivity contribution >= 4 is 12.1 Å². The molecule has 2 aliphatic heterocycles. The zero-order valence-corrected chi connectivity index (χ0v) is 14.9. The first-order valence-corrected chi connectivity index (χ1v) is 8.56. The number of hydrogen-bond donors (Lipinski definition) is 0. The Kier molecular flexibility index (Phi) is 5.36. The largest absolute Gasteiger partial charge is 0.422 e. The first kappa shape index (κ1) is 18.1. The summed E-state index contributed by atoms with van der Waals surface area (Å²) < 4.78 is 10.7. The second-order valence-corrected chi connectivity index (χ2v) is 6.58. The summed E-state index contributed by atoms with van der Waals surface area (Å²) >= 11 is 0. The number of nitrogens with zero attached hydrogens (tertiary/aromatic N) is 4. The first-order valence-electron chi connectivity index (χ1n) is 8.56. The first-order chi connectivity index (χ1) is 12.4. The third kappa shape index (κ3) is 4.10. The van der Waals surface area contributed by atoms with Crippen LogP contribution in [0.25, 0.3) is 0 Å². The topological polar surface area (TPSA) is 97.5 Å². The average Bonchev–Trinajstić information content (AvgIpc) is 3.22. The van der Waals surface area contributed by atoms with E-state index in [1.165, 1.54) is 4.90 Å². The zero-order chi connectivity index (χ0) is 18.7. The van der Waals surface area contributed by atoms with E-state index in [1.807, 2.05) is 19.9 Å². The summed E-state index contributed by atoms with van der Waals surface area (Å²) in [5, 5.41) is 13.6. The molecule has 2 aliphatic rings. The molecule has 26 heavy (non-hydrogen) atoms. The Labute approximate surface area is 151 Å². The van der Waals surface area contributed by atoms with Crippen LogP contribution in [0, 0.1) is 29.9 Å². The molecule has 0 bridgehead atoms. The van der Waals surface area contributed by atoms with Crippen LogP contribution in [0.4, 0.5) is 4.79 Å². The smallest absolute Gasteiger partial charge is 0.410 e. The lowest BCUT2D eigenvalue weighted by Gasteiger charge is -2.21. The van der Waals surface area contributed by atoms with Gasteiger partial charge in [-0.25, -0.2) is 19.8 Å². The van der Waals surface area contributed by atoms with E-state index in [1.54, 1.807) is 17.0 Å². The van der Waals surface area contributed by atoms with E-state index in [4.69, 9.17) is 9.47 Å². The maximum absolute atomic E-state index is 12.5. The van der Waals surface area contributed by atoms with Crippen molar-refractivity contribution in [1.29, 1.82) is 0 Å². The fourth-order valence-corrected chi connectivity index (χ4v) is 3.10. The molecule has 0 N–H and O–H groups in total. The maximum Gasteiger partial charge on any atom is 0.422 e. The zero-order valence-electron chi connectivity index (χ0n) is 14.9. The van der Waals surface area contributed by atoms with Gasteiger partial charge in [0.05, 0.1) is 13.2 Å². The SMILES string of the molecule is Cc1ccc(OC(=O)N2CCN(CC3CCOC3)C2=N[N+](=O)[O-])cc1C. The lowest BCUT2D eigenvalue weighted by molar-refractivity contribution is -0.486. The molecule has 0 aromatic heterocycles. The van der Waals surface area contributed by atoms with Gasteiger partial charge in [0, 0.05) is 25.6 Å². The number of carbonyl (C=O) groups is 1. The van der Waals surface area contributed by atoms with Crippen LogP contribution in [0.5, 0.6) is 5.75 Å². The second-order valence-electron chi connectivity index (χ2n) is 6.58. The van der Waals surface area contributed by atoms with Gasteiger partial charge in [0.1, 0.15) is 10.9 Å². The van der Waals surface area contributed by atoms with Gasteiger partial charge in [0.15, 0.2) is 5.03 Å². The molecule has 1 aromatic rings. The highest BCUT2D eigenvalue weighted by Crippen LogP contribution is 2.21. The van der Waals surface area contributed by atoms with E-state index in [9.17, 15) is 14.9 Å². The van der Waals surface area contributed by atoms with Crippen molar-refractivity contribution in [3.63, 3.8) is 0 Å². The second kappa shape index (κ2) is 7.69. The predicted octanol–water partition coefficient (Wildman–Crippen LogP) is 2.00. The van der Waals surface area contributed by atoms with Crippen LogP contribution in [0.3, 0.4) is 0 Å². The molecule has 0 saturated carbocycles. The van der Waals surface area contributed by atoms with E-state index in [-0.39, 0.29) is 11.9 Å². The Morgan fingerprint density at radius 1 is 1.38 bits per heavy atom. The van der Waals surface area contributed by atoms with Crippen LogP contribution in [-0.4, -0.2) is 59.7 Å². The van der Waals surface area contributed by atoms with Gasteiger partial charge in [-0.05, 0) is 43.5 Å². The number of ether oxygens (including phenoxy) is 2. The Bertz CT molecular complexity index is 730. The minimum Gasteiger partial charge on any atom is -0.410 e. The van der Waals surface area contributed by atoms with E-state index in [0.29, 0.717) is 38.6 Å². The molecule has 0 aliphatic carbocycles. The van der Waals surface area contributed by atoms with Gasteiger partial charge in [-0.1, -0.05) is 6.07 Å². The standard InChI is InChI=1S/C17H22N4O5/c1-12-3-4-15(9-13(12)2)26-17(22)20-7-6-19(16(20)18-21(23)24)10-14-5-8-25-11-14/h3-4,9,14H,5-8,10-11H2,1-2H3. The number of amides is 1.